The number of benzene rings is 2. The molecule has 0 unspecified atom stereocenters. The third kappa shape index (κ3) is 5.70. The number of methoxy groups -OCH3 is 1. The fraction of sp³-hybridized carbons (Fsp3) is 0.240. The Morgan fingerprint density at radius 3 is 2.62 bits per heavy atom. The van der Waals surface area contributed by atoms with E-state index in [2.05, 4.69) is 28.2 Å². The fourth-order valence-corrected chi connectivity index (χ4v) is 3.32. The summed E-state index contributed by atoms with van der Waals surface area (Å²) in [5, 5.41) is 12.5. The molecular formula is C25H27N5O2. The predicted octanol–water partition coefficient (Wildman–Crippen LogP) is 3.92. The molecule has 0 aliphatic rings. The van der Waals surface area contributed by atoms with Crippen LogP contribution in [-0.4, -0.2) is 42.6 Å². The molecule has 0 saturated heterocycles. The van der Waals surface area contributed by atoms with Crippen LogP contribution in [0.25, 0.3) is 11.3 Å². The van der Waals surface area contributed by atoms with Crippen molar-refractivity contribution in [3.8, 4) is 17.3 Å². The molecule has 0 aliphatic heterocycles. The highest BCUT2D eigenvalue weighted by molar-refractivity contribution is 6.05. The zero-order valence-corrected chi connectivity index (χ0v) is 18.3. The van der Waals surface area contributed by atoms with Crippen molar-refractivity contribution in [2.24, 2.45) is 0 Å². The molecule has 7 heteroatoms. The summed E-state index contributed by atoms with van der Waals surface area (Å²) >= 11 is 0. The van der Waals surface area contributed by atoms with Crippen molar-refractivity contribution in [3.05, 3.63) is 77.5 Å². The number of carbonyl (C=O) groups is 1. The quantitative estimate of drug-likeness (QED) is 0.500. The van der Waals surface area contributed by atoms with Gasteiger partial charge in [-0.15, -0.1) is 0 Å². The molecule has 0 aliphatic carbocycles. The highest BCUT2D eigenvalue weighted by Gasteiger charge is 2.12. The standard InChI is InChI=1S/C25H27N5O2/c1-3-30(12-13-32-2)17-18-14-21(15-26)24(28-16-18)19-8-10-20(11-9-19)25(31)29-23-7-5-4-6-22(23)27/h4-11,14,16H,3,12-13,17,27H2,1-2H3,(H,29,31). The molecule has 2 aromatic carbocycles. The minimum atomic E-state index is -0.256. The van der Waals surface area contributed by atoms with E-state index < -0.39 is 0 Å². The summed E-state index contributed by atoms with van der Waals surface area (Å²) in [6, 6.07) is 18.2. The Labute approximate surface area is 188 Å². The van der Waals surface area contributed by atoms with Gasteiger partial charge in [0, 0.05) is 37.5 Å². The molecule has 0 bridgehead atoms. The zero-order valence-electron chi connectivity index (χ0n) is 18.3. The number of nitrogen functional groups attached to an aromatic ring is 1. The van der Waals surface area contributed by atoms with Crippen LogP contribution in [0.2, 0.25) is 0 Å². The topological polar surface area (TPSA) is 104 Å². The lowest BCUT2D eigenvalue weighted by molar-refractivity contribution is 0.102. The highest BCUT2D eigenvalue weighted by Crippen LogP contribution is 2.24. The van der Waals surface area contributed by atoms with Crippen molar-refractivity contribution in [2.45, 2.75) is 13.5 Å². The molecule has 0 spiro atoms. The van der Waals surface area contributed by atoms with E-state index in [0.29, 0.717) is 41.3 Å². The summed E-state index contributed by atoms with van der Waals surface area (Å²) in [6.07, 6.45) is 1.80. The molecule has 0 atom stereocenters. The number of carbonyl (C=O) groups excluding carboxylic acids is 1. The Balaban J connectivity index is 1.75. The number of hydrogen-bond acceptors (Lipinski definition) is 6. The van der Waals surface area contributed by atoms with Crippen molar-refractivity contribution in [3.63, 3.8) is 0 Å². The van der Waals surface area contributed by atoms with Gasteiger partial charge < -0.3 is 15.8 Å². The summed E-state index contributed by atoms with van der Waals surface area (Å²) < 4.78 is 5.15. The second kappa shape index (κ2) is 11.0. The first kappa shape index (κ1) is 22.9. The minimum Gasteiger partial charge on any atom is -0.397 e. The van der Waals surface area contributed by atoms with Crippen molar-refractivity contribution in [1.82, 2.24) is 9.88 Å². The molecule has 0 radical (unpaired) electrons. The summed E-state index contributed by atoms with van der Waals surface area (Å²) in [5.74, 6) is -0.256. The predicted molar refractivity (Wildman–Crippen MR) is 126 cm³/mol. The lowest BCUT2D eigenvalue weighted by atomic mass is 10.0. The first-order valence-electron chi connectivity index (χ1n) is 10.4. The number of para-hydroxylation sites is 2. The van der Waals surface area contributed by atoms with Gasteiger partial charge in [-0.2, -0.15) is 5.26 Å². The van der Waals surface area contributed by atoms with Gasteiger partial charge in [0.25, 0.3) is 5.91 Å². The van der Waals surface area contributed by atoms with E-state index in [1.165, 1.54) is 0 Å². The number of aromatic nitrogens is 1. The lowest BCUT2D eigenvalue weighted by Crippen LogP contribution is -2.26. The minimum absolute atomic E-state index is 0.256. The molecule has 7 nitrogen and oxygen atoms in total. The molecule has 3 N–H and O–H groups in total. The van der Waals surface area contributed by atoms with Crippen molar-refractivity contribution < 1.29 is 9.53 Å². The van der Waals surface area contributed by atoms with E-state index in [-0.39, 0.29) is 5.91 Å². The normalized spacial score (nSPS) is 10.7. The van der Waals surface area contributed by atoms with E-state index >= 15 is 0 Å². The third-order valence-corrected chi connectivity index (χ3v) is 5.16. The van der Waals surface area contributed by atoms with Crippen LogP contribution in [-0.2, 0) is 11.3 Å². The molecule has 3 rings (SSSR count). The first-order valence-corrected chi connectivity index (χ1v) is 10.4. The van der Waals surface area contributed by atoms with E-state index in [1.54, 1.807) is 49.7 Å². The molecule has 1 amide bonds. The van der Waals surface area contributed by atoms with Crippen LogP contribution < -0.4 is 11.1 Å². The number of amides is 1. The molecule has 1 heterocycles. The van der Waals surface area contributed by atoms with Crippen LogP contribution in [0.15, 0.2) is 60.8 Å². The van der Waals surface area contributed by atoms with Crippen LogP contribution in [0.3, 0.4) is 0 Å². The van der Waals surface area contributed by atoms with Crippen LogP contribution in [0.1, 0.15) is 28.4 Å². The molecule has 1 aromatic heterocycles. The summed E-state index contributed by atoms with van der Waals surface area (Å²) in [5.41, 5.74) is 10.3. The second-order valence-electron chi connectivity index (χ2n) is 7.33. The number of nitriles is 1. The van der Waals surface area contributed by atoms with Gasteiger partial charge in [0.2, 0.25) is 0 Å². The van der Waals surface area contributed by atoms with Gasteiger partial charge in [-0.05, 0) is 42.4 Å². The van der Waals surface area contributed by atoms with Crippen molar-refractivity contribution in [2.75, 3.05) is 37.9 Å². The molecule has 3 aromatic rings. The molecule has 0 fully saturated rings. The summed E-state index contributed by atoms with van der Waals surface area (Å²) in [7, 11) is 1.68. The van der Waals surface area contributed by atoms with Gasteiger partial charge in [0.1, 0.15) is 6.07 Å². The van der Waals surface area contributed by atoms with Gasteiger partial charge in [0.05, 0.1) is 29.2 Å². The monoisotopic (exact) mass is 429 g/mol. The number of hydrogen-bond donors (Lipinski definition) is 2. The van der Waals surface area contributed by atoms with E-state index in [0.717, 1.165) is 24.2 Å². The molecule has 164 valence electrons. The average molecular weight is 430 g/mol. The smallest absolute Gasteiger partial charge is 0.255 e. The highest BCUT2D eigenvalue weighted by atomic mass is 16.5. The Bertz CT molecular complexity index is 1110. The Morgan fingerprint density at radius 2 is 1.97 bits per heavy atom. The van der Waals surface area contributed by atoms with E-state index in [4.69, 9.17) is 10.5 Å². The fourth-order valence-electron chi connectivity index (χ4n) is 3.32. The molecule has 0 saturated carbocycles. The van der Waals surface area contributed by atoms with Crippen molar-refractivity contribution >= 4 is 17.3 Å². The van der Waals surface area contributed by atoms with Gasteiger partial charge in [0.15, 0.2) is 0 Å². The van der Waals surface area contributed by atoms with E-state index in [1.807, 2.05) is 18.2 Å². The van der Waals surface area contributed by atoms with Crippen LogP contribution in [0, 0.1) is 11.3 Å². The Morgan fingerprint density at radius 1 is 1.22 bits per heavy atom. The average Bonchev–Trinajstić information content (AvgIpc) is 2.83. The van der Waals surface area contributed by atoms with Crippen LogP contribution >= 0.6 is 0 Å². The number of nitrogens with zero attached hydrogens (tertiary/aromatic N) is 3. The maximum absolute atomic E-state index is 12.5. The summed E-state index contributed by atoms with van der Waals surface area (Å²) in [4.78, 5) is 19.3. The largest absolute Gasteiger partial charge is 0.397 e. The zero-order chi connectivity index (χ0) is 22.9. The Kier molecular flexibility index (Phi) is 7.92. The number of nitrogens with two attached hydrogens (primary N) is 1. The maximum Gasteiger partial charge on any atom is 0.255 e. The SMILES string of the molecule is CCN(CCOC)Cc1cnc(-c2ccc(C(=O)Nc3ccccc3N)cc2)c(C#N)c1. The number of pyridine rings is 1. The third-order valence-electron chi connectivity index (χ3n) is 5.16. The van der Waals surface area contributed by atoms with Gasteiger partial charge in [-0.1, -0.05) is 31.2 Å². The number of anilines is 2. The van der Waals surface area contributed by atoms with E-state index in [9.17, 15) is 10.1 Å². The number of nitrogens with one attached hydrogen (secondary N) is 1. The first-order chi connectivity index (χ1) is 15.5. The number of ether oxygens (including phenoxy) is 1. The Hall–Kier alpha value is -3.73. The van der Waals surface area contributed by atoms with Gasteiger partial charge in [-0.25, -0.2) is 0 Å². The molecular weight excluding hydrogens is 402 g/mol. The maximum atomic E-state index is 12.5. The number of rotatable bonds is 9. The van der Waals surface area contributed by atoms with Gasteiger partial charge >= 0.3 is 0 Å². The number of likely N-dealkylation sites (N-methyl/N-ethyl adjacent to an activating group) is 1. The lowest BCUT2D eigenvalue weighted by Gasteiger charge is -2.20. The van der Waals surface area contributed by atoms with Crippen LogP contribution in [0.4, 0.5) is 11.4 Å². The molecule has 32 heavy (non-hydrogen) atoms. The van der Waals surface area contributed by atoms with Crippen molar-refractivity contribution in [1.29, 1.82) is 5.26 Å². The second-order valence-corrected chi connectivity index (χ2v) is 7.33. The van der Waals surface area contributed by atoms with Gasteiger partial charge in [-0.3, -0.25) is 14.7 Å². The summed E-state index contributed by atoms with van der Waals surface area (Å²) in [6.45, 7) is 5.14. The van der Waals surface area contributed by atoms with Crippen LogP contribution in [0.5, 0.6) is 0 Å².